The van der Waals surface area contributed by atoms with Gasteiger partial charge in [0.2, 0.25) is 0 Å². The molecule has 0 saturated heterocycles. The molecule has 0 aliphatic heterocycles. The smallest absolute Gasteiger partial charge is 0.270 e. The van der Waals surface area contributed by atoms with Crippen LogP contribution in [0.25, 0.3) is 11.1 Å². The standard InChI is InChI=1S/C17H19NO.3C11H13F2NO.2C10H14N2O.2C9H13NOS/c1-17(2,3)18-16(19)15-11-9-14(10-12-15)13-7-5-4-6-8-13;1-11(2,3)14-10(15)8-6-7(12)4-5-9(8)13;1-11(2,3)14-10(15)8-5-4-7(12)6-9(8)13;1-11(2,3)14-10(15)7-5-4-6-8(12)9(7)13;1-10(2,3)12-9(13)8-5-4-6-11-7-8;1-10(2,3)12-9(13)8-6-4-5-7-11-8;1-9(2,3)10-8(11)7-4-5-12-6-7;1-9(2,3)10-8(11)7-5-4-6-12-7/h4-12H,1-3H3,(H,18,19);3*4-6H,1-3H3,(H,14,15);2*4-7H,1-3H3,(H,12,13);2*4-6H,1-3H3,(H,10,11). The molecule has 4 aromatic heterocycles. The number of carbonyl (C=O) groups is 8. The fourth-order valence-corrected chi connectivity index (χ4v) is 9.79. The second-order valence-electron chi connectivity index (χ2n) is 33.9. The van der Waals surface area contributed by atoms with E-state index in [-0.39, 0.29) is 73.9 Å². The van der Waals surface area contributed by atoms with Gasteiger partial charge in [-0.25, -0.2) is 26.3 Å². The van der Waals surface area contributed by atoms with E-state index >= 15 is 0 Å². The highest BCUT2D eigenvalue weighted by Crippen LogP contribution is 2.21. The van der Waals surface area contributed by atoms with E-state index in [4.69, 9.17) is 0 Å². The molecule has 0 aliphatic rings. The molecule has 18 nitrogen and oxygen atoms in total. The topological polar surface area (TPSA) is 259 Å². The predicted molar refractivity (Wildman–Crippen MR) is 446 cm³/mol. The lowest BCUT2D eigenvalue weighted by Crippen LogP contribution is -2.41. The first kappa shape index (κ1) is 99.2. The van der Waals surface area contributed by atoms with E-state index in [9.17, 15) is 64.7 Å². The maximum atomic E-state index is 13.2. The summed E-state index contributed by atoms with van der Waals surface area (Å²) < 4.78 is 77.7. The molecule has 0 fully saturated rings. The Balaban J connectivity index is 0.000000444. The third-order valence-electron chi connectivity index (χ3n) is 13.1. The molecule has 8 amide bonds. The Kier molecular flexibility index (Phi) is 38.8. The number of thiophene rings is 2. The largest absolute Gasteiger partial charge is 0.347 e. The number of amides is 8. The molecule has 0 saturated carbocycles. The Hall–Kier alpha value is -10.9. The molecule has 9 aromatic rings. The zero-order chi connectivity index (χ0) is 87.0. The van der Waals surface area contributed by atoms with Crippen LogP contribution in [-0.2, 0) is 0 Å². The second-order valence-corrected chi connectivity index (χ2v) is 35.6. The van der Waals surface area contributed by atoms with Crippen LogP contribution >= 0.6 is 22.7 Å². The van der Waals surface area contributed by atoms with Crippen molar-refractivity contribution in [3.63, 3.8) is 0 Å². The molecule has 0 atom stereocenters. The molecule has 0 spiro atoms. The van der Waals surface area contributed by atoms with Crippen LogP contribution in [0.1, 0.15) is 248 Å². The van der Waals surface area contributed by atoms with Crippen LogP contribution in [0.4, 0.5) is 26.3 Å². The monoisotopic (exact) mass is 1610 g/mol. The first-order valence-corrected chi connectivity index (χ1v) is 38.1. The van der Waals surface area contributed by atoms with Crippen molar-refractivity contribution in [2.45, 2.75) is 210 Å². The van der Waals surface area contributed by atoms with E-state index < -0.39 is 69.2 Å². The van der Waals surface area contributed by atoms with Crippen molar-refractivity contribution >= 4 is 69.9 Å². The summed E-state index contributed by atoms with van der Waals surface area (Å²) in [5.41, 5.74) is 1.74. The van der Waals surface area contributed by atoms with Crippen LogP contribution in [0.2, 0.25) is 0 Å². The van der Waals surface area contributed by atoms with Gasteiger partial charge in [-0.15, -0.1) is 11.3 Å². The van der Waals surface area contributed by atoms with Gasteiger partial charge in [0.15, 0.2) is 11.6 Å². The molecule has 114 heavy (non-hydrogen) atoms. The number of nitrogens with zero attached hydrogens (tertiary/aromatic N) is 2. The fourth-order valence-electron chi connectivity index (χ4n) is 8.53. The summed E-state index contributed by atoms with van der Waals surface area (Å²) in [5.74, 6) is -7.03. The number of halogens is 6. The van der Waals surface area contributed by atoms with Crippen molar-refractivity contribution in [3.8, 4) is 11.1 Å². The number of rotatable bonds is 9. The summed E-state index contributed by atoms with van der Waals surface area (Å²) in [6.45, 7) is 45.3. The average Bonchev–Trinajstić information content (AvgIpc) is 1.20. The van der Waals surface area contributed by atoms with Crippen LogP contribution in [0.15, 0.2) is 192 Å². The van der Waals surface area contributed by atoms with Gasteiger partial charge < -0.3 is 42.5 Å². The minimum atomic E-state index is -1.11. The summed E-state index contributed by atoms with van der Waals surface area (Å²) in [4.78, 5) is 101. The fraction of sp³-hybridized carbons (Fsp3) is 0.364. The van der Waals surface area contributed by atoms with Gasteiger partial charge in [0.25, 0.3) is 47.3 Å². The lowest BCUT2D eigenvalue weighted by molar-refractivity contribution is 0.0905. The maximum Gasteiger partial charge on any atom is 0.270 e. The van der Waals surface area contributed by atoms with Crippen molar-refractivity contribution < 1.29 is 64.7 Å². The van der Waals surface area contributed by atoms with Gasteiger partial charge in [0, 0.05) is 79.9 Å². The highest BCUT2D eigenvalue weighted by molar-refractivity contribution is 7.12. The lowest BCUT2D eigenvalue weighted by atomic mass is 10.0. The molecule has 0 aliphatic carbocycles. The number of nitrogens with one attached hydrogen (secondary N) is 8. The molecule has 9 rings (SSSR count). The van der Waals surface area contributed by atoms with Gasteiger partial charge in [-0.05, 0) is 279 Å². The first-order valence-electron chi connectivity index (χ1n) is 36.3. The van der Waals surface area contributed by atoms with Gasteiger partial charge in [0.1, 0.15) is 29.0 Å². The molecular formula is C88H112F6N10O8S2. The Morgan fingerprint density at radius 3 is 1.19 bits per heavy atom. The number of hydrogen-bond donors (Lipinski definition) is 8. The molecule has 5 aromatic carbocycles. The molecule has 4 heterocycles. The van der Waals surface area contributed by atoms with E-state index in [0.29, 0.717) is 22.9 Å². The Bertz CT molecular complexity index is 4370. The zero-order valence-electron chi connectivity index (χ0n) is 69.7. The first-order chi connectivity index (χ1) is 52.3. The second kappa shape index (κ2) is 44.6. The van der Waals surface area contributed by atoms with Gasteiger partial charge in [-0.1, -0.05) is 60.7 Å². The molecule has 0 unspecified atom stereocenters. The van der Waals surface area contributed by atoms with Gasteiger partial charge in [-0.3, -0.25) is 48.3 Å². The van der Waals surface area contributed by atoms with Gasteiger partial charge in [0.05, 0.1) is 32.7 Å². The van der Waals surface area contributed by atoms with E-state index in [0.717, 1.165) is 58.0 Å². The zero-order valence-corrected chi connectivity index (χ0v) is 71.4. The summed E-state index contributed by atoms with van der Waals surface area (Å²) >= 11 is 2.99. The third kappa shape index (κ3) is 43.2. The SMILES string of the molecule is CC(C)(C)NC(=O)c1cc(F)ccc1F.CC(C)(C)NC(=O)c1ccc(-c2ccccc2)cc1.CC(C)(C)NC(=O)c1ccc(F)cc1F.CC(C)(C)NC(=O)c1cccc(F)c1F.CC(C)(C)NC(=O)c1ccccn1.CC(C)(C)NC(=O)c1cccnc1.CC(C)(C)NC(=O)c1cccs1.CC(C)(C)NC(=O)c1ccsc1. The summed E-state index contributed by atoms with van der Waals surface area (Å²) in [6, 6.07) is 41.3. The van der Waals surface area contributed by atoms with Crippen LogP contribution in [0.5, 0.6) is 0 Å². The van der Waals surface area contributed by atoms with Gasteiger partial charge >= 0.3 is 0 Å². The van der Waals surface area contributed by atoms with Crippen molar-refractivity contribution in [1.82, 2.24) is 52.5 Å². The maximum absolute atomic E-state index is 13.2. The summed E-state index contributed by atoms with van der Waals surface area (Å²) in [6.07, 6.45) is 4.81. The molecule has 0 bridgehead atoms. The minimum Gasteiger partial charge on any atom is -0.347 e. The predicted octanol–water partition coefficient (Wildman–Crippen LogP) is 19.1. The van der Waals surface area contributed by atoms with Crippen LogP contribution in [0.3, 0.4) is 0 Å². The number of carbonyl (C=O) groups excluding carboxylic acids is 8. The number of hydrogen-bond acceptors (Lipinski definition) is 12. The number of aromatic nitrogens is 2. The number of benzene rings is 5. The molecule has 616 valence electrons. The van der Waals surface area contributed by atoms with Crippen LogP contribution in [0, 0.1) is 34.9 Å². The molecule has 26 heteroatoms. The van der Waals surface area contributed by atoms with Crippen molar-refractivity contribution in [2.75, 3.05) is 0 Å². The lowest BCUT2D eigenvalue weighted by Gasteiger charge is -2.20. The summed E-state index contributed by atoms with van der Waals surface area (Å²) in [7, 11) is 0. The Morgan fingerprint density at radius 2 is 0.746 bits per heavy atom. The Morgan fingerprint density at radius 1 is 0.307 bits per heavy atom. The Labute approximate surface area is 676 Å². The van der Waals surface area contributed by atoms with E-state index in [2.05, 4.69) is 64.6 Å². The summed E-state index contributed by atoms with van der Waals surface area (Å²) in [5, 5.41) is 27.8. The number of pyridine rings is 2. The van der Waals surface area contributed by atoms with Crippen LogP contribution < -0.4 is 42.5 Å². The van der Waals surface area contributed by atoms with Crippen molar-refractivity contribution in [1.29, 1.82) is 0 Å². The van der Waals surface area contributed by atoms with E-state index in [1.165, 1.54) is 34.8 Å². The highest BCUT2D eigenvalue weighted by Gasteiger charge is 2.24. The van der Waals surface area contributed by atoms with Crippen molar-refractivity contribution in [2.24, 2.45) is 0 Å². The minimum absolute atomic E-state index is 0.00347. The average molecular weight is 1620 g/mol. The highest BCUT2D eigenvalue weighted by atomic mass is 32.1. The van der Waals surface area contributed by atoms with E-state index in [1.54, 1.807) is 111 Å². The van der Waals surface area contributed by atoms with Crippen LogP contribution in [-0.4, -0.2) is 102 Å². The quantitative estimate of drug-likeness (QED) is 0.0634. The van der Waals surface area contributed by atoms with E-state index in [1.807, 2.05) is 181 Å². The molecule has 8 N–H and O–H groups in total. The van der Waals surface area contributed by atoms with Crippen molar-refractivity contribution in [3.05, 3.63) is 271 Å². The third-order valence-corrected chi connectivity index (χ3v) is 14.6. The molecular weight excluding hydrogens is 1500 g/mol. The van der Waals surface area contributed by atoms with Gasteiger partial charge in [-0.2, -0.15) is 11.3 Å². The normalized spacial score (nSPS) is 11.2. The molecule has 0 radical (unpaired) electrons.